The Labute approximate surface area is 115 Å². The lowest BCUT2D eigenvalue weighted by Gasteiger charge is -2.08. The first-order valence-electron chi connectivity index (χ1n) is 5.54. The second-order valence-electron chi connectivity index (χ2n) is 4.10. The van der Waals surface area contributed by atoms with Gasteiger partial charge in [-0.2, -0.15) is 0 Å². The zero-order chi connectivity index (χ0) is 14.2. The number of nitrogens with two attached hydrogens (primary N) is 2. The van der Waals surface area contributed by atoms with Crippen molar-refractivity contribution in [1.82, 2.24) is 4.57 Å². The molecule has 0 spiro atoms. The minimum absolute atomic E-state index is 0.298. The third-order valence-electron chi connectivity index (χ3n) is 2.99. The van der Waals surface area contributed by atoms with Crippen LogP contribution in [0.25, 0.3) is 11.3 Å². The quantitative estimate of drug-likeness (QED) is 0.902. The van der Waals surface area contributed by atoms with Gasteiger partial charge in [0.15, 0.2) is 0 Å². The van der Waals surface area contributed by atoms with Gasteiger partial charge in [0.2, 0.25) is 0 Å². The molecule has 0 atom stereocenters. The number of carbonyl (C=O) groups is 1. The summed E-state index contributed by atoms with van der Waals surface area (Å²) in [5, 5.41) is 0.517. The predicted molar refractivity (Wildman–Crippen MR) is 75.3 cm³/mol. The molecule has 0 aliphatic heterocycles. The lowest BCUT2D eigenvalue weighted by atomic mass is 10.1. The van der Waals surface area contributed by atoms with Crippen molar-refractivity contribution >= 4 is 23.3 Å². The average molecular weight is 280 g/mol. The van der Waals surface area contributed by atoms with E-state index >= 15 is 0 Å². The van der Waals surface area contributed by atoms with E-state index in [-0.39, 0.29) is 0 Å². The monoisotopic (exact) mass is 279 g/mol. The van der Waals surface area contributed by atoms with Crippen LogP contribution in [0, 0.1) is 0 Å². The van der Waals surface area contributed by atoms with E-state index in [2.05, 4.69) is 0 Å². The third kappa shape index (κ3) is 2.24. The van der Waals surface area contributed by atoms with Crippen LogP contribution in [0.15, 0.2) is 24.3 Å². The predicted octanol–water partition coefficient (Wildman–Crippen LogP) is 2.04. The minimum atomic E-state index is -0.555. The van der Waals surface area contributed by atoms with Crippen LogP contribution in [0.2, 0.25) is 5.02 Å². The summed E-state index contributed by atoms with van der Waals surface area (Å²) in [6.07, 6.45) is 0. The van der Waals surface area contributed by atoms with Gasteiger partial charge in [-0.25, -0.2) is 0 Å². The zero-order valence-electron chi connectivity index (χ0n) is 10.6. The number of carbonyl (C=O) groups excluding carboxylic acids is 1. The van der Waals surface area contributed by atoms with Crippen LogP contribution < -0.4 is 16.2 Å². The van der Waals surface area contributed by atoms with Crippen LogP contribution in [0.3, 0.4) is 0 Å². The van der Waals surface area contributed by atoms with Gasteiger partial charge in [-0.05, 0) is 18.2 Å². The summed E-state index contributed by atoms with van der Waals surface area (Å²) in [6.45, 7) is 0. The van der Waals surface area contributed by atoms with Gasteiger partial charge in [-0.3, -0.25) is 4.79 Å². The summed E-state index contributed by atoms with van der Waals surface area (Å²) in [4.78, 5) is 11.3. The minimum Gasteiger partial charge on any atom is -0.495 e. The molecule has 2 aromatic rings. The molecule has 0 fully saturated rings. The van der Waals surface area contributed by atoms with E-state index in [1.807, 2.05) is 6.07 Å². The maximum absolute atomic E-state index is 11.3. The molecule has 5 nitrogen and oxygen atoms in total. The Balaban J connectivity index is 2.59. The van der Waals surface area contributed by atoms with Gasteiger partial charge in [-0.15, -0.1) is 0 Å². The van der Waals surface area contributed by atoms with Crippen molar-refractivity contribution in [2.75, 3.05) is 12.8 Å². The number of amides is 1. The second-order valence-corrected chi connectivity index (χ2v) is 4.51. The number of primary amides is 1. The Hall–Kier alpha value is -2.14. The number of ether oxygens (including phenoxy) is 1. The van der Waals surface area contributed by atoms with Crippen LogP contribution in [-0.4, -0.2) is 17.6 Å². The van der Waals surface area contributed by atoms with E-state index in [0.717, 1.165) is 11.3 Å². The van der Waals surface area contributed by atoms with E-state index in [1.54, 1.807) is 36.9 Å². The molecule has 0 radical (unpaired) electrons. The molecular weight excluding hydrogens is 266 g/mol. The first-order chi connectivity index (χ1) is 8.95. The first-order valence-corrected chi connectivity index (χ1v) is 5.92. The highest BCUT2D eigenvalue weighted by Gasteiger charge is 2.16. The maximum Gasteiger partial charge on any atom is 0.252 e. The highest BCUT2D eigenvalue weighted by atomic mass is 35.5. The Morgan fingerprint density at radius 1 is 1.37 bits per heavy atom. The highest BCUT2D eigenvalue weighted by Crippen LogP contribution is 2.32. The van der Waals surface area contributed by atoms with Crippen molar-refractivity contribution in [2.45, 2.75) is 0 Å². The molecule has 2 rings (SSSR count). The van der Waals surface area contributed by atoms with Gasteiger partial charge in [0.1, 0.15) is 11.6 Å². The molecule has 6 heteroatoms. The van der Waals surface area contributed by atoms with E-state index < -0.39 is 5.91 Å². The number of anilines is 1. The van der Waals surface area contributed by atoms with Crippen molar-refractivity contribution in [3.8, 4) is 17.0 Å². The fourth-order valence-electron chi connectivity index (χ4n) is 1.91. The molecule has 1 heterocycles. The normalized spacial score (nSPS) is 10.5. The van der Waals surface area contributed by atoms with Crippen LogP contribution in [0.1, 0.15) is 10.4 Å². The van der Waals surface area contributed by atoms with Crippen molar-refractivity contribution in [3.63, 3.8) is 0 Å². The number of nitrogens with zero attached hydrogens (tertiary/aromatic N) is 1. The largest absolute Gasteiger partial charge is 0.495 e. The van der Waals surface area contributed by atoms with Gasteiger partial charge >= 0.3 is 0 Å². The molecule has 1 amide bonds. The molecule has 0 aliphatic rings. The molecule has 0 saturated heterocycles. The second kappa shape index (κ2) is 4.85. The Morgan fingerprint density at radius 3 is 2.58 bits per heavy atom. The molecule has 1 aromatic heterocycles. The zero-order valence-corrected chi connectivity index (χ0v) is 11.4. The number of hydrogen-bond donors (Lipinski definition) is 2. The van der Waals surface area contributed by atoms with Gasteiger partial charge in [0.05, 0.1) is 23.4 Å². The summed E-state index contributed by atoms with van der Waals surface area (Å²) in [6, 6.07) is 6.98. The van der Waals surface area contributed by atoms with Gasteiger partial charge in [0.25, 0.3) is 5.91 Å². The summed E-state index contributed by atoms with van der Waals surface area (Å²) >= 11 is 5.98. The molecule has 100 valence electrons. The molecule has 19 heavy (non-hydrogen) atoms. The van der Waals surface area contributed by atoms with Crippen LogP contribution in [0.4, 0.5) is 5.82 Å². The van der Waals surface area contributed by atoms with Gasteiger partial charge in [-0.1, -0.05) is 17.7 Å². The van der Waals surface area contributed by atoms with E-state index in [1.165, 1.54) is 0 Å². The Kier molecular flexibility index (Phi) is 3.40. The standard InChI is InChI=1S/C13H14ClN3O2/c1-17-10(6-8(12(17)15)13(16)18)7-3-4-9(14)11(5-7)19-2/h3-6H,15H2,1-2H3,(H2,16,18). The third-order valence-corrected chi connectivity index (χ3v) is 3.30. The van der Waals surface area contributed by atoms with Crippen LogP contribution >= 0.6 is 11.6 Å². The number of methoxy groups -OCH3 is 1. The van der Waals surface area contributed by atoms with Crippen LogP contribution in [-0.2, 0) is 7.05 Å². The topological polar surface area (TPSA) is 83.3 Å². The average Bonchev–Trinajstić information content (AvgIpc) is 2.67. The number of benzene rings is 1. The number of nitrogen functional groups attached to an aromatic ring is 1. The molecule has 0 aliphatic carbocycles. The highest BCUT2D eigenvalue weighted by molar-refractivity contribution is 6.32. The van der Waals surface area contributed by atoms with Crippen molar-refractivity contribution in [1.29, 1.82) is 0 Å². The summed E-state index contributed by atoms with van der Waals surface area (Å²) in [7, 11) is 3.30. The molecule has 1 aromatic carbocycles. The Bertz CT molecular complexity index is 650. The summed E-state index contributed by atoms with van der Waals surface area (Å²) in [5.74, 6) is 0.330. The molecule has 0 saturated carbocycles. The lowest BCUT2D eigenvalue weighted by Crippen LogP contribution is -2.12. The summed E-state index contributed by atoms with van der Waals surface area (Å²) < 4.78 is 6.86. The first kappa shape index (κ1) is 13.3. The maximum atomic E-state index is 11.3. The smallest absolute Gasteiger partial charge is 0.252 e. The van der Waals surface area contributed by atoms with Gasteiger partial charge < -0.3 is 20.8 Å². The van der Waals surface area contributed by atoms with Crippen molar-refractivity contribution < 1.29 is 9.53 Å². The fourth-order valence-corrected chi connectivity index (χ4v) is 2.11. The molecular formula is C13H14ClN3O2. The van der Waals surface area contributed by atoms with Crippen molar-refractivity contribution in [3.05, 3.63) is 34.9 Å². The molecule has 4 N–H and O–H groups in total. The fraction of sp³-hybridized carbons (Fsp3) is 0.154. The number of rotatable bonds is 3. The number of halogens is 1. The summed E-state index contributed by atoms with van der Waals surface area (Å²) in [5.41, 5.74) is 13.0. The Morgan fingerprint density at radius 2 is 2.05 bits per heavy atom. The van der Waals surface area contributed by atoms with E-state index in [0.29, 0.717) is 22.2 Å². The lowest BCUT2D eigenvalue weighted by molar-refractivity contribution is 0.100. The van der Waals surface area contributed by atoms with E-state index in [4.69, 9.17) is 27.8 Å². The number of aromatic nitrogens is 1. The van der Waals surface area contributed by atoms with Crippen LogP contribution in [0.5, 0.6) is 5.75 Å². The SMILES string of the molecule is COc1cc(-c2cc(C(N)=O)c(N)n2C)ccc1Cl. The van der Waals surface area contributed by atoms with E-state index in [9.17, 15) is 4.79 Å². The number of hydrogen-bond acceptors (Lipinski definition) is 3. The molecule has 0 bridgehead atoms. The van der Waals surface area contributed by atoms with Gasteiger partial charge in [0, 0.05) is 12.6 Å². The van der Waals surface area contributed by atoms with Crippen molar-refractivity contribution in [2.24, 2.45) is 12.8 Å². The molecule has 0 unspecified atom stereocenters.